The molecule has 39 heavy (non-hydrogen) atoms. The van der Waals surface area contributed by atoms with E-state index in [2.05, 4.69) is 21.9 Å². The van der Waals surface area contributed by atoms with E-state index in [0.717, 1.165) is 37.3 Å². The lowest BCUT2D eigenvalue weighted by Gasteiger charge is -2.24. The summed E-state index contributed by atoms with van der Waals surface area (Å²) in [5, 5.41) is 2.63. The van der Waals surface area contributed by atoms with Crippen molar-refractivity contribution < 1.29 is 23.1 Å². The molecule has 1 saturated heterocycles. The molecule has 2 aliphatic rings. The highest BCUT2D eigenvalue weighted by Gasteiger charge is 2.29. The number of anilines is 2. The molecule has 2 aromatic carbocycles. The zero-order valence-electron chi connectivity index (χ0n) is 21.5. The molecule has 202 valence electrons. The van der Waals surface area contributed by atoms with Crippen LogP contribution in [0.2, 0.25) is 0 Å². The minimum atomic E-state index is -0.693. The van der Waals surface area contributed by atoms with Crippen molar-refractivity contribution in [3.05, 3.63) is 77.6 Å². The number of benzene rings is 2. The number of hydrogen-bond acceptors (Lipinski definition) is 6. The number of amides is 2. The van der Waals surface area contributed by atoms with Gasteiger partial charge in [0.2, 0.25) is 5.91 Å². The Morgan fingerprint density at radius 3 is 2.72 bits per heavy atom. The van der Waals surface area contributed by atoms with Gasteiger partial charge in [0.15, 0.2) is 11.6 Å². The molecule has 3 N–H and O–H groups in total. The van der Waals surface area contributed by atoms with Gasteiger partial charge in [0.1, 0.15) is 30.3 Å². The van der Waals surface area contributed by atoms with Gasteiger partial charge in [0.05, 0.1) is 11.6 Å². The number of aromatic nitrogens is 2. The third kappa shape index (κ3) is 5.45. The van der Waals surface area contributed by atoms with Crippen LogP contribution in [0.4, 0.5) is 20.3 Å². The SMILES string of the molecule is C=CC(=O)N1CCCC1COc1c(N)ncnc1-c1cc(F)cc(NC(=O)c2ccc(C3CC3)cc2F)c1C. The van der Waals surface area contributed by atoms with Crippen LogP contribution < -0.4 is 15.8 Å². The molecule has 10 heteroatoms. The van der Waals surface area contributed by atoms with Crippen LogP contribution in [-0.4, -0.2) is 45.9 Å². The van der Waals surface area contributed by atoms with E-state index in [1.54, 1.807) is 17.9 Å². The van der Waals surface area contributed by atoms with E-state index in [-0.39, 0.29) is 47.1 Å². The van der Waals surface area contributed by atoms with Gasteiger partial charge in [0.25, 0.3) is 5.91 Å². The van der Waals surface area contributed by atoms with Gasteiger partial charge in [0, 0.05) is 17.8 Å². The summed E-state index contributed by atoms with van der Waals surface area (Å²) in [6, 6.07) is 6.82. The van der Waals surface area contributed by atoms with Crippen LogP contribution in [0.5, 0.6) is 5.75 Å². The third-order valence-corrected chi connectivity index (χ3v) is 7.25. The van der Waals surface area contributed by atoms with E-state index in [1.165, 1.54) is 30.6 Å². The first-order chi connectivity index (χ1) is 18.8. The van der Waals surface area contributed by atoms with Crippen LogP contribution in [0.3, 0.4) is 0 Å². The Morgan fingerprint density at radius 2 is 2.00 bits per heavy atom. The van der Waals surface area contributed by atoms with Crippen LogP contribution in [-0.2, 0) is 4.79 Å². The number of nitrogens with one attached hydrogen (secondary N) is 1. The monoisotopic (exact) mass is 533 g/mol. The highest BCUT2D eigenvalue weighted by Crippen LogP contribution is 2.41. The van der Waals surface area contributed by atoms with Crippen LogP contribution in [0.25, 0.3) is 11.3 Å². The molecule has 1 saturated carbocycles. The van der Waals surface area contributed by atoms with Crippen LogP contribution in [0.15, 0.2) is 49.3 Å². The average Bonchev–Trinajstić information content (AvgIpc) is 3.66. The predicted octanol–water partition coefficient (Wildman–Crippen LogP) is 5.00. The number of carbonyl (C=O) groups is 2. The summed E-state index contributed by atoms with van der Waals surface area (Å²) in [4.78, 5) is 35.1. The third-order valence-electron chi connectivity index (χ3n) is 7.25. The van der Waals surface area contributed by atoms with E-state index < -0.39 is 17.5 Å². The second-order valence-corrected chi connectivity index (χ2v) is 9.87. The van der Waals surface area contributed by atoms with Crippen molar-refractivity contribution in [1.82, 2.24) is 14.9 Å². The highest BCUT2D eigenvalue weighted by atomic mass is 19.1. The zero-order chi connectivity index (χ0) is 27.7. The maximum Gasteiger partial charge on any atom is 0.258 e. The number of rotatable bonds is 8. The molecule has 8 nitrogen and oxygen atoms in total. The Labute approximate surface area is 224 Å². The molecular weight excluding hydrogens is 504 g/mol. The molecule has 1 aliphatic carbocycles. The molecular formula is C29H29F2N5O3. The molecule has 0 spiro atoms. The van der Waals surface area contributed by atoms with E-state index in [9.17, 15) is 18.4 Å². The number of nitrogens with zero attached hydrogens (tertiary/aromatic N) is 3. The van der Waals surface area contributed by atoms with Crippen molar-refractivity contribution in [2.45, 2.75) is 44.6 Å². The van der Waals surface area contributed by atoms with Crippen molar-refractivity contribution in [3.8, 4) is 17.0 Å². The fraction of sp³-hybridized carbons (Fsp3) is 0.310. The number of hydrogen-bond donors (Lipinski definition) is 2. The normalized spacial score (nSPS) is 16.7. The minimum Gasteiger partial charge on any atom is -0.485 e. The number of ether oxygens (including phenoxy) is 1. The quantitative estimate of drug-likeness (QED) is 0.395. The summed E-state index contributed by atoms with van der Waals surface area (Å²) < 4.78 is 35.6. The van der Waals surface area contributed by atoms with Gasteiger partial charge in [-0.25, -0.2) is 18.7 Å². The molecule has 2 fully saturated rings. The number of likely N-dealkylation sites (tertiary alicyclic amines) is 1. The average molecular weight is 534 g/mol. The lowest BCUT2D eigenvalue weighted by molar-refractivity contribution is -0.127. The number of carbonyl (C=O) groups excluding carboxylic acids is 2. The topological polar surface area (TPSA) is 110 Å². The summed E-state index contributed by atoms with van der Waals surface area (Å²) >= 11 is 0. The highest BCUT2D eigenvalue weighted by molar-refractivity contribution is 6.05. The van der Waals surface area contributed by atoms with Crippen molar-refractivity contribution in [2.75, 3.05) is 24.2 Å². The molecule has 1 atom stereocenters. The van der Waals surface area contributed by atoms with E-state index in [4.69, 9.17) is 10.5 Å². The van der Waals surface area contributed by atoms with E-state index >= 15 is 0 Å². The molecule has 1 unspecified atom stereocenters. The Kier molecular flexibility index (Phi) is 7.28. The van der Waals surface area contributed by atoms with E-state index in [1.807, 2.05) is 0 Å². The second kappa shape index (κ2) is 10.8. The molecule has 0 bridgehead atoms. The Morgan fingerprint density at radius 1 is 1.21 bits per heavy atom. The molecule has 1 aliphatic heterocycles. The van der Waals surface area contributed by atoms with Crippen LogP contribution in [0.1, 0.15) is 53.1 Å². The van der Waals surface area contributed by atoms with Crippen molar-refractivity contribution in [3.63, 3.8) is 0 Å². The molecule has 1 aromatic heterocycles. The lowest BCUT2D eigenvalue weighted by atomic mass is 10.0. The predicted molar refractivity (Wildman–Crippen MR) is 143 cm³/mol. The zero-order valence-corrected chi connectivity index (χ0v) is 21.5. The first kappa shape index (κ1) is 26.3. The van der Waals surface area contributed by atoms with Gasteiger partial charge in [-0.2, -0.15) is 0 Å². The van der Waals surface area contributed by atoms with Gasteiger partial charge >= 0.3 is 0 Å². The maximum atomic E-state index is 14.8. The molecule has 2 amide bonds. The number of nitrogens with two attached hydrogens (primary N) is 1. The number of nitrogen functional groups attached to an aromatic ring is 1. The fourth-order valence-electron chi connectivity index (χ4n) is 4.95. The molecule has 0 radical (unpaired) electrons. The Balaban J connectivity index is 1.41. The lowest BCUT2D eigenvalue weighted by Crippen LogP contribution is -2.38. The second-order valence-electron chi connectivity index (χ2n) is 9.87. The van der Waals surface area contributed by atoms with Crippen LogP contribution in [0, 0.1) is 18.6 Å². The van der Waals surface area contributed by atoms with Gasteiger partial charge in [-0.1, -0.05) is 12.6 Å². The van der Waals surface area contributed by atoms with Crippen molar-refractivity contribution in [1.29, 1.82) is 0 Å². The van der Waals surface area contributed by atoms with E-state index in [0.29, 0.717) is 23.6 Å². The van der Waals surface area contributed by atoms with Gasteiger partial charge in [-0.3, -0.25) is 9.59 Å². The maximum absolute atomic E-state index is 14.8. The summed E-state index contributed by atoms with van der Waals surface area (Å²) in [7, 11) is 0. The Hall–Kier alpha value is -4.34. The summed E-state index contributed by atoms with van der Waals surface area (Å²) in [5.74, 6) is -1.60. The first-order valence-electron chi connectivity index (χ1n) is 12.8. The summed E-state index contributed by atoms with van der Waals surface area (Å²) in [5.41, 5.74) is 8.05. The Bertz CT molecular complexity index is 1460. The number of halogens is 2. The summed E-state index contributed by atoms with van der Waals surface area (Å²) in [6.45, 7) is 5.97. The first-order valence-corrected chi connectivity index (χ1v) is 12.8. The fourth-order valence-corrected chi connectivity index (χ4v) is 4.95. The molecule has 5 rings (SSSR count). The largest absolute Gasteiger partial charge is 0.485 e. The summed E-state index contributed by atoms with van der Waals surface area (Å²) in [6.07, 6.45) is 6.11. The van der Waals surface area contributed by atoms with Crippen molar-refractivity contribution in [2.24, 2.45) is 0 Å². The molecule has 3 aromatic rings. The van der Waals surface area contributed by atoms with Gasteiger partial charge < -0.3 is 20.7 Å². The minimum absolute atomic E-state index is 0.0478. The molecule has 2 heterocycles. The van der Waals surface area contributed by atoms with Gasteiger partial charge in [-0.15, -0.1) is 0 Å². The van der Waals surface area contributed by atoms with Crippen LogP contribution >= 0.6 is 0 Å². The van der Waals surface area contributed by atoms with Crippen molar-refractivity contribution >= 4 is 23.3 Å². The smallest absolute Gasteiger partial charge is 0.258 e. The standard InChI is InChI=1S/C29H29F2N5O3/c1-3-25(37)36-10-4-5-20(36)14-39-27-26(33-15-34-28(27)32)22-12-19(30)13-24(16(22)2)35-29(38)21-9-8-18(11-23(21)31)17-6-7-17/h3,8-9,11-13,15,17,20H,1,4-7,10,14H2,2H3,(H,35,38)(H2,32,33,34). The van der Waals surface area contributed by atoms with Gasteiger partial charge in [-0.05, 0) is 80.0 Å².